The second-order valence-electron chi connectivity index (χ2n) is 6.73. The van der Waals surface area contributed by atoms with E-state index in [9.17, 15) is 13.2 Å². The van der Waals surface area contributed by atoms with Gasteiger partial charge >= 0.3 is 0 Å². The third-order valence-corrected chi connectivity index (χ3v) is 6.10. The zero-order chi connectivity index (χ0) is 23.2. The molecule has 0 bridgehead atoms. The molecule has 0 aliphatic carbocycles. The topological polar surface area (TPSA) is 94.2 Å². The number of amides is 1. The molecule has 0 saturated carbocycles. The van der Waals surface area contributed by atoms with Crippen LogP contribution in [-0.4, -0.2) is 48.5 Å². The average molecular weight is 471 g/mol. The minimum absolute atomic E-state index is 0.242. The smallest absolute Gasteiger partial charge is 0.241 e. The summed E-state index contributed by atoms with van der Waals surface area (Å²) in [6.45, 7) is 1.52. The highest BCUT2D eigenvalue weighted by atomic mass is 35.5. The van der Waals surface area contributed by atoms with Crippen molar-refractivity contribution >= 4 is 33.2 Å². The van der Waals surface area contributed by atoms with Gasteiger partial charge in [0.25, 0.3) is 0 Å². The van der Waals surface area contributed by atoms with Crippen LogP contribution < -0.4 is 23.8 Å². The first-order chi connectivity index (χ1) is 14.6. The molecule has 10 heteroatoms. The Bertz CT molecular complexity index is 1030. The number of carbonyl (C=O) groups is 1. The Balaban J connectivity index is 2.24. The molecule has 0 aliphatic rings. The number of hydrogen-bond donors (Lipinski definition) is 1. The van der Waals surface area contributed by atoms with Gasteiger partial charge in [-0.2, -0.15) is 0 Å². The van der Waals surface area contributed by atoms with Crippen LogP contribution in [0.2, 0.25) is 5.02 Å². The molecule has 0 saturated heterocycles. The molecule has 31 heavy (non-hydrogen) atoms. The second kappa shape index (κ2) is 10.6. The predicted molar refractivity (Wildman–Crippen MR) is 121 cm³/mol. The second-order valence-corrected chi connectivity index (χ2v) is 9.05. The van der Waals surface area contributed by atoms with Crippen molar-refractivity contribution in [1.29, 1.82) is 0 Å². The molecule has 2 rings (SSSR count). The number of hydrogen-bond acceptors (Lipinski definition) is 6. The SMILES string of the molecule is CCC(NC(=O)CN(c1ccc(OC)c(Cl)c1)S(C)(=O)=O)c1ccc(OC)c(OC)c1. The largest absolute Gasteiger partial charge is 0.495 e. The van der Waals surface area contributed by atoms with E-state index in [2.05, 4.69) is 5.32 Å². The number of nitrogens with zero attached hydrogens (tertiary/aromatic N) is 1. The molecular formula is C21H27ClN2O6S. The van der Waals surface area contributed by atoms with E-state index in [1.807, 2.05) is 13.0 Å². The number of sulfonamides is 1. The molecule has 0 spiro atoms. The number of rotatable bonds is 10. The number of methoxy groups -OCH3 is 3. The number of carbonyl (C=O) groups excluding carboxylic acids is 1. The van der Waals surface area contributed by atoms with E-state index in [0.29, 0.717) is 23.7 Å². The van der Waals surface area contributed by atoms with Crippen LogP contribution in [0.3, 0.4) is 0 Å². The Morgan fingerprint density at radius 3 is 2.16 bits per heavy atom. The van der Waals surface area contributed by atoms with Crippen LogP contribution in [-0.2, 0) is 14.8 Å². The number of nitrogens with one attached hydrogen (secondary N) is 1. The van der Waals surface area contributed by atoms with Crippen LogP contribution in [0.4, 0.5) is 5.69 Å². The summed E-state index contributed by atoms with van der Waals surface area (Å²) in [5, 5.41) is 3.12. The monoisotopic (exact) mass is 470 g/mol. The summed E-state index contributed by atoms with van der Waals surface area (Å²) >= 11 is 6.13. The summed E-state index contributed by atoms with van der Waals surface area (Å²) in [6.07, 6.45) is 1.62. The summed E-state index contributed by atoms with van der Waals surface area (Å²) in [4.78, 5) is 12.8. The molecule has 8 nitrogen and oxygen atoms in total. The number of ether oxygens (including phenoxy) is 3. The van der Waals surface area contributed by atoms with Gasteiger partial charge in [-0.05, 0) is 42.3 Å². The molecule has 0 fully saturated rings. The number of halogens is 1. The lowest BCUT2D eigenvalue weighted by molar-refractivity contribution is -0.120. The fraction of sp³-hybridized carbons (Fsp3) is 0.381. The van der Waals surface area contributed by atoms with Crippen molar-refractivity contribution < 1.29 is 27.4 Å². The maximum absolute atomic E-state index is 12.8. The van der Waals surface area contributed by atoms with Crippen LogP contribution in [0.5, 0.6) is 17.2 Å². The molecule has 0 aliphatic heterocycles. The van der Waals surface area contributed by atoms with Gasteiger partial charge in [-0.15, -0.1) is 0 Å². The van der Waals surface area contributed by atoms with E-state index in [4.69, 9.17) is 25.8 Å². The van der Waals surface area contributed by atoms with Crippen LogP contribution in [0.1, 0.15) is 24.9 Å². The van der Waals surface area contributed by atoms with E-state index in [1.54, 1.807) is 25.3 Å². The lowest BCUT2D eigenvalue weighted by Gasteiger charge is -2.24. The Hall–Kier alpha value is -2.65. The van der Waals surface area contributed by atoms with Crippen molar-refractivity contribution in [2.45, 2.75) is 19.4 Å². The molecule has 1 amide bonds. The van der Waals surface area contributed by atoms with Crippen molar-refractivity contribution in [3.63, 3.8) is 0 Å². The highest BCUT2D eigenvalue weighted by molar-refractivity contribution is 7.92. The van der Waals surface area contributed by atoms with Crippen molar-refractivity contribution in [2.75, 3.05) is 38.4 Å². The van der Waals surface area contributed by atoms with Crippen LogP contribution in [0, 0.1) is 0 Å². The van der Waals surface area contributed by atoms with Crippen LogP contribution >= 0.6 is 11.6 Å². The molecule has 0 aromatic heterocycles. The third-order valence-electron chi connectivity index (χ3n) is 4.66. The predicted octanol–water partition coefficient (Wildman–Crippen LogP) is 3.40. The lowest BCUT2D eigenvalue weighted by Crippen LogP contribution is -2.41. The molecule has 1 atom stereocenters. The fourth-order valence-electron chi connectivity index (χ4n) is 3.07. The number of benzene rings is 2. The van der Waals surface area contributed by atoms with E-state index in [1.165, 1.54) is 26.4 Å². The Morgan fingerprint density at radius 1 is 1.03 bits per heavy atom. The van der Waals surface area contributed by atoms with Crippen molar-refractivity contribution in [3.8, 4) is 17.2 Å². The number of anilines is 1. The van der Waals surface area contributed by atoms with Gasteiger partial charge in [0.2, 0.25) is 15.9 Å². The van der Waals surface area contributed by atoms with Gasteiger partial charge in [0.1, 0.15) is 12.3 Å². The summed E-state index contributed by atoms with van der Waals surface area (Å²) in [6, 6.07) is 9.55. The summed E-state index contributed by atoms with van der Waals surface area (Å²) in [5.74, 6) is 1.06. The molecule has 170 valence electrons. The Labute approximate surface area is 188 Å². The first-order valence-corrected chi connectivity index (χ1v) is 11.7. The van der Waals surface area contributed by atoms with Gasteiger partial charge < -0.3 is 19.5 Å². The first-order valence-electron chi connectivity index (χ1n) is 9.47. The minimum Gasteiger partial charge on any atom is -0.495 e. The highest BCUT2D eigenvalue weighted by Crippen LogP contribution is 2.32. The third kappa shape index (κ3) is 6.18. The van der Waals surface area contributed by atoms with Crippen molar-refractivity contribution in [2.24, 2.45) is 0 Å². The van der Waals surface area contributed by atoms with Crippen molar-refractivity contribution in [1.82, 2.24) is 5.32 Å². The molecule has 1 N–H and O–H groups in total. The average Bonchev–Trinajstić information content (AvgIpc) is 2.74. The minimum atomic E-state index is -3.74. The van der Waals surface area contributed by atoms with Gasteiger partial charge in [-0.25, -0.2) is 8.42 Å². The van der Waals surface area contributed by atoms with Crippen molar-refractivity contribution in [3.05, 3.63) is 47.0 Å². The van der Waals surface area contributed by atoms with E-state index in [-0.39, 0.29) is 16.8 Å². The lowest BCUT2D eigenvalue weighted by atomic mass is 10.0. The zero-order valence-corrected chi connectivity index (χ0v) is 19.7. The van der Waals surface area contributed by atoms with Crippen LogP contribution in [0.15, 0.2) is 36.4 Å². The maximum atomic E-state index is 12.8. The van der Waals surface area contributed by atoms with E-state index >= 15 is 0 Å². The van der Waals surface area contributed by atoms with Crippen LogP contribution in [0.25, 0.3) is 0 Å². The fourth-order valence-corrected chi connectivity index (χ4v) is 4.17. The summed E-state index contributed by atoms with van der Waals surface area (Å²) in [5.41, 5.74) is 1.08. The molecule has 0 radical (unpaired) electrons. The Morgan fingerprint density at radius 2 is 1.65 bits per heavy atom. The van der Waals surface area contributed by atoms with E-state index in [0.717, 1.165) is 16.1 Å². The zero-order valence-electron chi connectivity index (χ0n) is 18.1. The summed E-state index contributed by atoms with van der Waals surface area (Å²) < 4.78 is 41.4. The molecule has 2 aromatic carbocycles. The standard InChI is InChI=1S/C21H27ClN2O6S/c1-6-17(14-7-9-19(29-3)20(11-14)30-4)23-21(25)13-24(31(5,26)27)15-8-10-18(28-2)16(22)12-15/h7-12,17H,6,13H2,1-5H3,(H,23,25). The molecule has 0 heterocycles. The first kappa shape index (κ1) is 24.6. The highest BCUT2D eigenvalue weighted by Gasteiger charge is 2.24. The Kier molecular flexibility index (Phi) is 8.41. The normalized spacial score (nSPS) is 12.1. The van der Waals surface area contributed by atoms with Gasteiger partial charge in [0.15, 0.2) is 11.5 Å². The van der Waals surface area contributed by atoms with Gasteiger partial charge in [-0.3, -0.25) is 9.10 Å². The van der Waals surface area contributed by atoms with E-state index < -0.39 is 22.5 Å². The quantitative estimate of drug-likeness (QED) is 0.572. The maximum Gasteiger partial charge on any atom is 0.241 e. The molecule has 2 aromatic rings. The van der Waals surface area contributed by atoms with Gasteiger partial charge in [0, 0.05) is 0 Å². The van der Waals surface area contributed by atoms with Gasteiger partial charge in [0.05, 0.1) is 44.3 Å². The molecule has 1 unspecified atom stereocenters. The van der Waals surface area contributed by atoms with Gasteiger partial charge in [-0.1, -0.05) is 24.6 Å². The summed E-state index contributed by atoms with van der Waals surface area (Å²) in [7, 11) is 0.797. The molecular weight excluding hydrogens is 444 g/mol.